The standard InChI is InChI=1S/C29H36FN3O4S/c1-20(29(36)32-23-10-3-2-4-11-23)33(26-13-7-9-21-8-5-6-12-25(21)26)28(35)19-38(37)18-27(34)31-24-16-14-22(30)15-17-24/h7,9,13-17,20,23H,2-6,8,10-12,18-19H2,1H3,(H,31,34)(H,32,36)/t20-,38+/m1/s1. The predicted molar refractivity (Wildman–Crippen MR) is 148 cm³/mol. The van der Waals surface area contributed by atoms with Crippen molar-refractivity contribution in [2.75, 3.05) is 21.7 Å². The van der Waals surface area contributed by atoms with Crippen LogP contribution < -0.4 is 15.5 Å². The SMILES string of the molecule is C[C@H](C(=O)NC1CCCCC1)N(C(=O)C[S@@](=O)CC(=O)Nc1ccc(F)cc1)c1cccc2c1CCCC2. The Labute approximate surface area is 226 Å². The van der Waals surface area contributed by atoms with Crippen molar-refractivity contribution in [1.82, 2.24) is 5.32 Å². The minimum Gasteiger partial charge on any atom is -0.352 e. The lowest BCUT2D eigenvalue weighted by atomic mass is 9.89. The van der Waals surface area contributed by atoms with Gasteiger partial charge in [0.2, 0.25) is 17.7 Å². The summed E-state index contributed by atoms with van der Waals surface area (Å²) in [5.41, 5.74) is 3.30. The summed E-state index contributed by atoms with van der Waals surface area (Å²) in [5, 5.41) is 5.69. The Kier molecular flexibility index (Phi) is 9.66. The summed E-state index contributed by atoms with van der Waals surface area (Å²) in [6.45, 7) is 1.71. The highest BCUT2D eigenvalue weighted by Gasteiger charge is 2.32. The molecule has 204 valence electrons. The lowest BCUT2D eigenvalue weighted by Gasteiger charge is -2.33. The van der Waals surface area contributed by atoms with Crippen LogP contribution >= 0.6 is 0 Å². The number of hydrogen-bond donors (Lipinski definition) is 2. The number of amides is 3. The van der Waals surface area contributed by atoms with E-state index in [0.717, 1.165) is 56.9 Å². The van der Waals surface area contributed by atoms with Gasteiger partial charge in [-0.25, -0.2) is 4.39 Å². The first kappa shape index (κ1) is 28.0. The molecule has 2 atom stereocenters. The smallest absolute Gasteiger partial charge is 0.243 e. The van der Waals surface area contributed by atoms with Crippen molar-refractivity contribution in [2.45, 2.75) is 76.8 Å². The fraction of sp³-hybridized carbons (Fsp3) is 0.483. The maximum atomic E-state index is 13.6. The average Bonchev–Trinajstić information content (AvgIpc) is 2.90. The zero-order valence-corrected chi connectivity index (χ0v) is 22.7. The number of nitrogens with zero attached hydrogens (tertiary/aromatic N) is 1. The molecule has 2 N–H and O–H groups in total. The minimum absolute atomic E-state index is 0.102. The number of carbonyl (C=O) groups excluding carboxylic acids is 3. The van der Waals surface area contributed by atoms with E-state index in [1.807, 2.05) is 12.1 Å². The van der Waals surface area contributed by atoms with Crippen LogP contribution in [-0.4, -0.2) is 45.5 Å². The van der Waals surface area contributed by atoms with Crippen molar-refractivity contribution >= 4 is 39.9 Å². The van der Waals surface area contributed by atoms with Crippen molar-refractivity contribution in [2.24, 2.45) is 0 Å². The highest BCUT2D eigenvalue weighted by molar-refractivity contribution is 7.86. The molecule has 9 heteroatoms. The molecular weight excluding hydrogens is 505 g/mol. The van der Waals surface area contributed by atoms with Gasteiger partial charge >= 0.3 is 0 Å². The lowest BCUT2D eigenvalue weighted by molar-refractivity contribution is -0.126. The number of hydrogen-bond acceptors (Lipinski definition) is 4. The summed E-state index contributed by atoms with van der Waals surface area (Å²) in [6.07, 6.45) is 9.00. The zero-order chi connectivity index (χ0) is 27.1. The highest BCUT2D eigenvalue weighted by Crippen LogP contribution is 2.32. The maximum absolute atomic E-state index is 13.6. The Morgan fingerprint density at radius 3 is 2.42 bits per heavy atom. The second-order valence-corrected chi connectivity index (χ2v) is 11.6. The molecule has 1 saturated carbocycles. The summed E-state index contributed by atoms with van der Waals surface area (Å²) in [7, 11) is -1.80. The molecule has 0 unspecified atom stereocenters. The number of carbonyl (C=O) groups is 3. The quantitative estimate of drug-likeness (QED) is 0.496. The van der Waals surface area contributed by atoms with Crippen LogP contribution in [0.5, 0.6) is 0 Å². The molecule has 2 aromatic rings. The van der Waals surface area contributed by atoms with E-state index in [4.69, 9.17) is 0 Å². The van der Waals surface area contributed by atoms with Gasteiger partial charge in [-0.05, 0) is 86.9 Å². The molecule has 7 nitrogen and oxygen atoms in total. The van der Waals surface area contributed by atoms with E-state index in [0.29, 0.717) is 11.4 Å². The fourth-order valence-corrected chi connectivity index (χ4v) is 6.25. The third kappa shape index (κ3) is 7.28. The number of anilines is 2. The summed E-state index contributed by atoms with van der Waals surface area (Å²) >= 11 is 0. The van der Waals surface area contributed by atoms with Crippen molar-refractivity contribution in [1.29, 1.82) is 0 Å². The molecule has 2 aliphatic carbocycles. The van der Waals surface area contributed by atoms with Gasteiger partial charge in [0.1, 0.15) is 23.4 Å². The van der Waals surface area contributed by atoms with Crippen molar-refractivity contribution < 1.29 is 23.0 Å². The number of aryl methyl sites for hydroxylation is 1. The molecule has 0 aromatic heterocycles. The Balaban J connectivity index is 1.49. The van der Waals surface area contributed by atoms with E-state index in [1.54, 1.807) is 6.92 Å². The summed E-state index contributed by atoms with van der Waals surface area (Å²) in [4.78, 5) is 40.8. The third-order valence-corrected chi connectivity index (χ3v) is 8.48. The molecule has 2 aliphatic rings. The van der Waals surface area contributed by atoms with Gasteiger partial charge in [0.25, 0.3) is 0 Å². The lowest BCUT2D eigenvalue weighted by Crippen LogP contribution is -2.52. The van der Waals surface area contributed by atoms with Crippen molar-refractivity contribution in [3.8, 4) is 0 Å². The molecular formula is C29H36FN3O4S. The maximum Gasteiger partial charge on any atom is 0.243 e. The van der Waals surface area contributed by atoms with Crippen LogP contribution in [0.3, 0.4) is 0 Å². The molecule has 1 fully saturated rings. The van der Waals surface area contributed by atoms with E-state index in [1.165, 1.54) is 41.1 Å². The Bertz CT molecular complexity index is 1180. The van der Waals surface area contributed by atoms with E-state index in [2.05, 4.69) is 16.7 Å². The number of benzene rings is 2. The first-order chi connectivity index (χ1) is 18.3. The molecule has 0 spiro atoms. The van der Waals surface area contributed by atoms with E-state index >= 15 is 0 Å². The van der Waals surface area contributed by atoms with Gasteiger partial charge in [0.05, 0.1) is 0 Å². The summed E-state index contributed by atoms with van der Waals surface area (Å²) < 4.78 is 26.0. The number of halogens is 1. The molecule has 0 heterocycles. The van der Waals surface area contributed by atoms with Crippen LogP contribution in [0.25, 0.3) is 0 Å². The van der Waals surface area contributed by atoms with Crippen molar-refractivity contribution in [3.63, 3.8) is 0 Å². The molecule has 2 aromatic carbocycles. The molecule has 4 rings (SSSR count). The van der Waals surface area contributed by atoms with Crippen molar-refractivity contribution in [3.05, 3.63) is 59.4 Å². The largest absolute Gasteiger partial charge is 0.352 e. The molecule has 0 radical (unpaired) electrons. The molecule has 3 amide bonds. The summed E-state index contributed by atoms with van der Waals surface area (Å²) in [5.74, 6) is -2.41. The Hall–Kier alpha value is -3.07. The number of nitrogens with one attached hydrogen (secondary N) is 2. The van der Waals surface area contributed by atoms with Gasteiger partial charge in [-0.1, -0.05) is 31.4 Å². The first-order valence-electron chi connectivity index (χ1n) is 13.5. The van der Waals surface area contributed by atoms with Gasteiger partial charge < -0.3 is 10.6 Å². The number of rotatable bonds is 9. The average molecular weight is 542 g/mol. The van der Waals surface area contributed by atoms with Gasteiger partial charge in [-0.3, -0.25) is 23.5 Å². The highest BCUT2D eigenvalue weighted by atomic mass is 32.2. The summed E-state index contributed by atoms with van der Waals surface area (Å²) in [6, 6.07) is 10.4. The van der Waals surface area contributed by atoms with Gasteiger partial charge in [0, 0.05) is 28.2 Å². The second-order valence-electron chi connectivity index (χ2n) is 10.2. The van der Waals surface area contributed by atoms with Crippen LogP contribution in [-0.2, 0) is 38.0 Å². The van der Waals surface area contributed by atoms with E-state index in [-0.39, 0.29) is 23.5 Å². The molecule has 0 bridgehead atoms. The zero-order valence-electron chi connectivity index (χ0n) is 21.8. The van der Waals surface area contributed by atoms with Crippen LogP contribution in [0.1, 0.15) is 63.0 Å². The molecule has 0 aliphatic heterocycles. The minimum atomic E-state index is -1.80. The van der Waals surface area contributed by atoms with Crippen LogP contribution in [0.2, 0.25) is 0 Å². The number of fused-ring (bicyclic) bond motifs is 1. The predicted octanol–water partition coefficient (Wildman–Crippen LogP) is 4.26. The Morgan fingerprint density at radius 2 is 1.68 bits per heavy atom. The Morgan fingerprint density at radius 1 is 0.974 bits per heavy atom. The van der Waals surface area contributed by atoms with Crippen LogP contribution in [0.4, 0.5) is 15.8 Å². The first-order valence-corrected chi connectivity index (χ1v) is 14.9. The van der Waals surface area contributed by atoms with Gasteiger partial charge in [0.15, 0.2) is 0 Å². The van der Waals surface area contributed by atoms with E-state index in [9.17, 15) is 23.0 Å². The fourth-order valence-electron chi connectivity index (χ4n) is 5.37. The van der Waals surface area contributed by atoms with E-state index < -0.39 is 34.5 Å². The molecule has 0 saturated heterocycles. The van der Waals surface area contributed by atoms with Gasteiger partial charge in [-0.2, -0.15) is 0 Å². The topological polar surface area (TPSA) is 95.6 Å². The molecule has 38 heavy (non-hydrogen) atoms. The third-order valence-electron chi connectivity index (χ3n) is 7.32. The van der Waals surface area contributed by atoms with Crippen LogP contribution in [0.15, 0.2) is 42.5 Å². The normalized spacial score (nSPS) is 17.1. The van der Waals surface area contributed by atoms with Crippen LogP contribution in [0, 0.1) is 5.82 Å². The second kappa shape index (κ2) is 13.1. The van der Waals surface area contributed by atoms with Gasteiger partial charge in [-0.15, -0.1) is 0 Å². The monoisotopic (exact) mass is 541 g/mol.